The lowest BCUT2D eigenvalue weighted by Gasteiger charge is -2.21. The number of nitrogens with zero attached hydrogens (tertiary/aromatic N) is 2. The molecule has 0 saturated heterocycles. The molecule has 1 aromatic heterocycles. The number of hydrogen-bond donors (Lipinski definition) is 2. The van der Waals surface area contributed by atoms with E-state index in [2.05, 4.69) is 4.98 Å². The Hall–Kier alpha value is -3.08. The molecule has 2 aromatic carbocycles. The Morgan fingerprint density at radius 3 is 2.56 bits per heavy atom. The summed E-state index contributed by atoms with van der Waals surface area (Å²) in [6.07, 6.45) is 1.70. The third-order valence-corrected chi connectivity index (χ3v) is 4.29. The van der Waals surface area contributed by atoms with Gasteiger partial charge in [0.15, 0.2) is 0 Å². The van der Waals surface area contributed by atoms with Crippen LogP contribution in [0.15, 0.2) is 48.7 Å². The lowest BCUT2D eigenvalue weighted by Crippen LogP contribution is -2.26. The highest BCUT2D eigenvalue weighted by Gasteiger charge is 2.21. The molecule has 0 aliphatic heterocycles. The average Bonchev–Trinajstić information content (AvgIpc) is 2.60. The lowest BCUT2D eigenvalue weighted by atomic mass is 9.98. The van der Waals surface area contributed by atoms with Crippen molar-refractivity contribution in [3.8, 4) is 11.5 Å². The highest BCUT2D eigenvalue weighted by atomic mass is 16.3. The van der Waals surface area contributed by atoms with Gasteiger partial charge in [0.1, 0.15) is 11.5 Å². The minimum Gasteiger partial charge on any atom is -0.508 e. The van der Waals surface area contributed by atoms with Crippen LogP contribution in [0.2, 0.25) is 0 Å². The maximum atomic E-state index is 13.0. The number of carbonyl (C=O) groups is 1. The molecule has 128 valence electrons. The van der Waals surface area contributed by atoms with Crippen molar-refractivity contribution < 1.29 is 15.0 Å². The molecule has 2 N–H and O–H groups in total. The van der Waals surface area contributed by atoms with Crippen molar-refractivity contribution in [2.75, 3.05) is 11.9 Å². The number of carbonyl (C=O) groups excluding carboxylic acids is 1. The third kappa shape index (κ3) is 3.01. The second kappa shape index (κ2) is 6.43. The maximum Gasteiger partial charge on any atom is 0.261 e. The summed E-state index contributed by atoms with van der Waals surface area (Å²) in [7, 11) is 1.66. The lowest BCUT2D eigenvalue weighted by molar-refractivity contribution is 0.0990. The summed E-state index contributed by atoms with van der Waals surface area (Å²) < 4.78 is 0. The number of anilines is 1. The first kappa shape index (κ1) is 16.8. The second-order valence-corrected chi connectivity index (χ2v) is 6.29. The number of phenolic OH excluding ortho intramolecular Hbond substituents is 2. The van der Waals surface area contributed by atoms with Crippen molar-refractivity contribution >= 4 is 22.5 Å². The molecule has 0 spiro atoms. The fourth-order valence-corrected chi connectivity index (χ4v) is 2.90. The Morgan fingerprint density at radius 2 is 1.84 bits per heavy atom. The van der Waals surface area contributed by atoms with Crippen molar-refractivity contribution in [2.24, 2.45) is 0 Å². The summed E-state index contributed by atoms with van der Waals surface area (Å²) in [5, 5.41) is 21.0. The molecule has 0 aliphatic rings. The first-order valence-electron chi connectivity index (χ1n) is 8.08. The largest absolute Gasteiger partial charge is 0.508 e. The second-order valence-electron chi connectivity index (χ2n) is 6.29. The predicted octanol–water partition coefficient (Wildman–Crippen LogP) is 4.05. The molecule has 1 amide bonds. The van der Waals surface area contributed by atoms with Gasteiger partial charge in [0.25, 0.3) is 5.91 Å². The SMILES string of the molecule is CC(C)c1cc(C(=O)N(C)c2cccc3ncccc23)c(O)cc1O. The van der Waals surface area contributed by atoms with Gasteiger partial charge in [-0.2, -0.15) is 0 Å². The van der Waals surface area contributed by atoms with Gasteiger partial charge in [0.2, 0.25) is 0 Å². The number of aromatic nitrogens is 1. The van der Waals surface area contributed by atoms with Crippen LogP contribution in [0, 0.1) is 0 Å². The summed E-state index contributed by atoms with van der Waals surface area (Å²) in [4.78, 5) is 18.7. The van der Waals surface area contributed by atoms with E-state index in [0.717, 1.165) is 10.9 Å². The monoisotopic (exact) mass is 336 g/mol. The van der Waals surface area contributed by atoms with Crippen LogP contribution in [0.1, 0.15) is 35.7 Å². The Balaban J connectivity index is 2.07. The molecule has 0 unspecified atom stereocenters. The van der Waals surface area contributed by atoms with Crippen molar-refractivity contribution in [1.29, 1.82) is 0 Å². The van der Waals surface area contributed by atoms with Crippen molar-refractivity contribution in [2.45, 2.75) is 19.8 Å². The van der Waals surface area contributed by atoms with Gasteiger partial charge in [-0.1, -0.05) is 19.9 Å². The molecule has 0 aliphatic carbocycles. The van der Waals surface area contributed by atoms with Gasteiger partial charge in [-0.15, -0.1) is 0 Å². The van der Waals surface area contributed by atoms with Gasteiger partial charge in [-0.3, -0.25) is 9.78 Å². The van der Waals surface area contributed by atoms with Crippen molar-refractivity contribution in [3.05, 3.63) is 59.8 Å². The van der Waals surface area contributed by atoms with Crippen LogP contribution in [-0.4, -0.2) is 28.2 Å². The Labute approximate surface area is 146 Å². The number of amides is 1. The van der Waals surface area contributed by atoms with Crippen LogP contribution < -0.4 is 4.90 Å². The summed E-state index contributed by atoms with van der Waals surface area (Å²) in [6, 6.07) is 12.1. The summed E-state index contributed by atoms with van der Waals surface area (Å²) in [6.45, 7) is 3.83. The highest BCUT2D eigenvalue weighted by molar-refractivity contribution is 6.11. The number of hydrogen-bond acceptors (Lipinski definition) is 4. The summed E-state index contributed by atoms with van der Waals surface area (Å²) >= 11 is 0. The summed E-state index contributed by atoms with van der Waals surface area (Å²) in [5.74, 6) is -0.576. The zero-order valence-electron chi connectivity index (χ0n) is 14.4. The molecule has 0 atom stereocenters. The Bertz CT molecular complexity index is 946. The first-order valence-corrected chi connectivity index (χ1v) is 8.08. The van der Waals surface area contributed by atoms with E-state index in [4.69, 9.17) is 0 Å². The quantitative estimate of drug-likeness (QED) is 0.757. The number of rotatable bonds is 3. The minimum absolute atomic E-state index is 0.0129. The van der Waals surface area contributed by atoms with Crippen LogP contribution in [0.3, 0.4) is 0 Å². The van der Waals surface area contributed by atoms with Crippen LogP contribution in [-0.2, 0) is 0 Å². The number of fused-ring (bicyclic) bond motifs is 1. The molecular formula is C20H20N2O3. The smallest absolute Gasteiger partial charge is 0.261 e. The highest BCUT2D eigenvalue weighted by Crippen LogP contribution is 2.34. The van der Waals surface area contributed by atoms with E-state index in [0.29, 0.717) is 11.3 Å². The van der Waals surface area contributed by atoms with Crippen LogP contribution >= 0.6 is 0 Å². The van der Waals surface area contributed by atoms with Crippen LogP contribution in [0.4, 0.5) is 5.69 Å². The topological polar surface area (TPSA) is 73.7 Å². The number of pyridine rings is 1. The van der Waals surface area contributed by atoms with E-state index < -0.39 is 0 Å². The Morgan fingerprint density at radius 1 is 1.08 bits per heavy atom. The normalized spacial score (nSPS) is 11.0. The fraction of sp³-hybridized carbons (Fsp3) is 0.200. The zero-order valence-corrected chi connectivity index (χ0v) is 14.4. The number of benzene rings is 2. The molecule has 5 nitrogen and oxygen atoms in total. The Kier molecular flexibility index (Phi) is 4.31. The van der Waals surface area contributed by atoms with Gasteiger partial charge >= 0.3 is 0 Å². The number of aromatic hydroxyl groups is 2. The minimum atomic E-state index is -0.351. The molecule has 0 radical (unpaired) electrons. The molecule has 1 heterocycles. The molecular weight excluding hydrogens is 316 g/mol. The standard InChI is InChI=1S/C20H20N2O3/c1-12(2)14-10-15(19(24)11-18(14)23)20(25)22(3)17-8-4-7-16-13(17)6-5-9-21-16/h4-12,23-24H,1-3H3. The van der Waals surface area contributed by atoms with Gasteiger partial charge in [0, 0.05) is 24.7 Å². The molecule has 25 heavy (non-hydrogen) atoms. The third-order valence-electron chi connectivity index (χ3n) is 4.29. The fourth-order valence-electron chi connectivity index (χ4n) is 2.90. The van der Waals surface area contributed by atoms with E-state index >= 15 is 0 Å². The van der Waals surface area contributed by atoms with Crippen molar-refractivity contribution in [1.82, 2.24) is 4.98 Å². The van der Waals surface area contributed by atoms with Crippen molar-refractivity contribution in [3.63, 3.8) is 0 Å². The average molecular weight is 336 g/mol. The predicted molar refractivity (Wildman–Crippen MR) is 98.3 cm³/mol. The molecule has 0 fully saturated rings. The van der Waals surface area contributed by atoms with Gasteiger partial charge < -0.3 is 15.1 Å². The van der Waals surface area contributed by atoms with Gasteiger partial charge in [-0.25, -0.2) is 0 Å². The van der Waals surface area contributed by atoms with E-state index in [1.807, 2.05) is 44.2 Å². The van der Waals surface area contributed by atoms with Gasteiger partial charge in [0.05, 0.1) is 16.8 Å². The van der Waals surface area contributed by atoms with E-state index in [1.54, 1.807) is 19.3 Å². The summed E-state index contributed by atoms with van der Waals surface area (Å²) in [5.41, 5.74) is 2.27. The van der Waals surface area contributed by atoms with Gasteiger partial charge in [-0.05, 0) is 41.8 Å². The first-order chi connectivity index (χ1) is 11.9. The maximum absolute atomic E-state index is 13.0. The van der Waals surface area contributed by atoms with E-state index in [-0.39, 0.29) is 28.9 Å². The van der Waals surface area contributed by atoms with E-state index in [9.17, 15) is 15.0 Å². The molecule has 3 aromatic rings. The van der Waals surface area contributed by atoms with Crippen LogP contribution in [0.25, 0.3) is 10.9 Å². The zero-order chi connectivity index (χ0) is 18.1. The molecule has 5 heteroatoms. The number of phenols is 2. The van der Waals surface area contributed by atoms with E-state index in [1.165, 1.54) is 11.0 Å². The van der Waals surface area contributed by atoms with Crippen LogP contribution in [0.5, 0.6) is 11.5 Å². The molecule has 0 bridgehead atoms. The molecule has 3 rings (SSSR count). The molecule has 0 saturated carbocycles.